The Morgan fingerprint density at radius 3 is 2.56 bits per heavy atom. The first-order valence-corrected chi connectivity index (χ1v) is 6.61. The van der Waals surface area contributed by atoms with Crippen LogP contribution < -0.4 is 5.32 Å². The van der Waals surface area contributed by atoms with Crippen LogP contribution in [-0.2, 0) is 0 Å². The van der Waals surface area contributed by atoms with Gasteiger partial charge in [-0.05, 0) is 40.0 Å². The summed E-state index contributed by atoms with van der Waals surface area (Å²) in [4.78, 5) is 0. The minimum atomic E-state index is -0.181. The van der Waals surface area contributed by atoms with Crippen molar-refractivity contribution in [2.75, 3.05) is 7.05 Å². The molecule has 4 heteroatoms. The molecule has 1 aromatic carbocycles. The molecule has 0 saturated carbocycles. The van der Waals surface area contributed by atoms with Crippen molar-refractivity contribution in [3.8, 4) is 0 Å². The van der Waals surface area contributed by atoms with Crippen LogP contribution in [0.2, 0.25) is 0 Å². The summed E-state index contributed by atoms with van der Waals surface area (Å²) in [6, 6.07) is 6.74. The van der Waals surface area contributed by atoms with Crippen molar-refractivity contribution in [1.29, 1.82) is 0 Å². The van der Waals surface area contributed by atoms with Crippen molar-refractivity contribution in [1.82, 2.24) is 5.32 Å². The minimum Gasteiger partial charge on any atom is -0.309 e. The van der Waals surface area contributed by atoms with Gasteiger partial charge in [-0.15, -0.1) is 0 Å². The summed E-state index contributed by atoms with van der Waals surface area (Å²) in [5, 5.41) is 7.17. The van der Waals surface area contributed by atoms with E-state index in [1.54, 1.807) is 23.5 Å². The molecule has 16 heavy (non-hydrogen) atoms. The second-order valence-corrected chi connectivity index (χ2v) is 5.02. The van der Waals surface area contributed by atoms with Gasteiger partial charge in [0.25, 0.3) is 0 Å². The molecule has 0 aliphatic rings. The van der Waals surface area contributed by atoms with Crippen molar-refractivity contribution in [3.05, 3.63) is 56.4 Å². The lowest BCUT2D eigenvalue weighted by Crippen LogP contribution is -2.18. The number of benzene rings is 1. The number of halogens is 2. The summed E-state index contributed by atoms with van der Waals surface area (Å²) in [5.41, 5.74) is 1.74. The Bertz CT molecular complexity index is 483. The smallest absolute Gasteiger partial charge is 0.128 e. The lowest BCUT2D eigenvalue weighted by molar-refractivity contribution is 0.576. The van der Waals surface area contributed by atoms with Gasteiger partial charge < -0.3 is 5.32 Å². The van der Waals surface area contributed by atoms with E-state index in [0.717, 1.165) is 10.0 Å². The SMILES string of the molecule is CNC(c1ccccc1F)c1cscc1Br. The third-order valence-corrected chi connectivity index (χ3v) is 4.21. The molecular formula is C12H11BrFNS. The number of hydrogen-bond donors (Lipinski definition) is 1. The fraction of sp³-hybridized carbons (Fsp3) is 0.167. The largest absolute Gasteiger partial charge is 0.309 e. The third kappa shape index (κ3) is 2.19. The topological polar surface area (TPSA) is 12.0 Å². The molecule has 0 fully saturated rings. The van der Waals surface area contributed by atoms with Gasteiger partial charge in [-0.25, -0.2) is 4.39 Å². The van der Waals surface area contributed by atoms with Gasteiger partial charge in [0.05, 0.1) is 6.04 Å². The summed E-state index contributed by atoms with van der Waals surface area (Å²) < 4.78 is 14.7. The van der Waals surface area contributed by atoms with Crippen molar-refractivity contribution in [3.63, 3.8) is 0 Å². The van der Waals surface area contributed by atoms with Crippen LogP contribution in [0, 0.1) is 5.82 Å². The first-order chi connectivity index (χ1) is 7.74. The zero-order chi connectivity index (χ0) is 11.5. The predicted molar refractivity (Wildman–Crippen MR) is 69.3 cm³/mol. The maximum Gasteiger partial charge on any atom is 0.128 e. The van der Waals surface area contributed by atoms with E-state index >= 15 is 0 Å². The highest BCUT2D eigenvalue weighted by Crippen LogP contribution is 2.32. The molecule has 0 spiro atoms. The Morgan fingerprint density at radius 2 is 2.00 bits per heavy atom. The first-order valence-electron chi connectivity index (χ1n) is 4.87. The zero-order valence-electron chi connectivity index (χ0n) is 8.71. The van der Waals surface area contributed by atoms with E-state index in [0.29, 0.717) is 5.56 Å². The summed E-state index contributed by atoms with van der Waals surface area (Å²) in [6.07, 6.45) is 0. The first kappa shape index (κ1) is 11.8. The van der Waals surface area contributed by atoms with Crippen molar-refractivity contribution in [2.45, 2.75) is 6.04 Å². The maximum absolute atomic E-state index is 13.7. The highest BCUT2D eigenvalue weighted by atomic mass is 79.9. The lowest BCUT2D eigenvalue weighted by atomic mass is 10.0. The van der Waals surface area contributed by atoms with Crippen LogP contribution in [0.5, 0.6) is 0 Å². The van der Waals surface area contributed by atoms with Crippen LogP contribution in [0.1, 0.15) is 17.2 Å². The Morgan fingerprint density at radius 1 is 1.25 bits per heavy atom. The van der Waals surface area contributed by atoms with E-state index in [-0.39, 0.29) is 11.9 Å². The Kier molecular flexibility index (Phi) is 3.74. The molecular weight excluding hydrogens is 289 g/mol. The molecule has 1 N–H and O–H groups in total. The summed E-state index contributed by atoms with van der Waals surface area (Å²) >= 11 is 5.08. The summed E-state index contributed by atoms with van der Waals surface area (Å²) in [6.45, 7) is 0. The van der Waals surface area contributed by atoms with E-state index in [1.165, 1.54) is 6.07 Å². The van der Waals surface area contributed by atoms with Gasteiger partial charge in [-0.1, -0.05) is 18.2 Å². The third-order valence-electron chi connectivity index (χ3n) is 2.46. The molecule has 0 saturated heterocycles. The number of hydrogen-bond acceptors (Lipinski definition) is 2. The molecule has 1 aromatic heterocycles. The average Bonchev–Trinajstić information content (AvgIpc) is 2.69. The number of rotatable bonds is 3. The highest BCUT2D eigenvalue weighted by molar-refractivity contribution is 9.10. The zero-order valence-corrected chi connectivity index (χ0v) is 11.1. The van der Waals surface area contributed by atoms with Crippen molar-refractivity contribution < 1.29 is 4.39 Å². The normalized spacial score (nSPS) is 12.7. The van der Waals surface area contributed by atoms with Gasteiger partial charge in [-0.2, -0.15) is 11.3 Å². The molecule has 0 amide bonds. The molecule has 0 aliphatic heterocycles. The van der Waals surface area contributed by atoms with Crippen LogP contribution in [0.25, 0.3) is 0 Å². The van der Waals surface area contributed by atoms with Crippen LogP contribution in [0.3, 0.4) is 0 Å². The van der Waals surface area contributed by atoms with E-state index in [4.69, 9.17) is 0 Å². The van der Waals surface area contributed by atoms with Gasteiger partial charge in [0.2, 0.25) is 0 Å². The predicted octanol–water partition coefficient (Wildman–Crippen LogP) is 3.96. The molecule has 1 unspecified atom stereocenters. The van der Waals surface area contributed by atoms with Gasteiger partial charge in [0, 0.05) is 15.4 Å². The molecule has 1 nitrogen and oxygen atoms in total. The Hall–Kier alpha value is -0.710. The highest BCUT2D eigenvalue weighted by Gasteiger charge is 2.18. The van der Waals surface area contributed by atoms with E-state index in [2.05, 4.69) is 21.2 Å². The van der Waals surface area contributed by atoms with Gasteiger partial charge >= 0.3 is 0 Å². The molecule has 0 bridgehead atoms. The molecule has 84 valence electrons. The molecule has 0 aliphatic carbocycles. The molecule has 0 radical (unpaired) electrons. The average molecular weight is 300 g/mol. The number of thiophene rings is 1. The van der Waals surface area contributed by atoms with Gasteiger partial charge in [0.1, 0.15) is 5.82 Å². The molecule has 1 atom stereocenters. The second-order valence-electron chi connectivity index (χ2n) is 3.42. The van der Waals surface area contributed by atoms with E-state index in [1.807, 2.05) is 23.9 Å². The summed E-state index contributed by atoms with van der Waals surface area (Å²) in [5.74, 6) is -0.181. The van der Waals surface area contributed by atoms with Crippen LogP contribution in [0.15, 0.2) is 39.5 Å². The van der Waals surface area contributed by atoms with Gasteiger partial charge in [0.15, 0.2) is 0 Å². The minimum absolute atomic E-state index is 0.109. The van der Waals surface area contributed by atoms with Crippen LogP contribution in [-0.4, -0.2) is 7.05 Å². The monoisotopic (exact) mass is 299 g/mol. The molecule has 2 rings (SSSR count). The van der Waals surface area contributed by atoms with E-state index < -0.39 is 0 Å². The van der Waals surface area contributed by atoms with Crippen LogP contribution in [0.4, 0.5) is 4.39 Å². The standard InChI is InChI=1S/C12H11BrFNS/c1-15-12(9-6-16-7-10(9)13)8-4-2-3-5-11(8)14/h2-7,12,15H,1H3. The maximum atomic E-state index is 13.7. The summed E-state index contributed by atoms with van der Waals surface area (Å²) in [7, 11) is 1.83. The van der Waals surface area contributed by atoms with Crippen molar-refractivity contribution >= 4 is 27.3 Å². The van der Waals surface area contributed by atoms with Gasteiger partial charge in [-0.3, -0.25) is 0 Å². The quantitative estimate of drug-likeness (QED) is 0.905. The Balaban J connectivity index is 2.45. The Labute approximate surface area is 106 Å². The lowest BCUT2D eigenvalue weighted by Gasteiger charge is -2.17. The van der Waals surface area contributed by atoms with Crippen LogP contribution >= 0.6 is 27.3 Å². The molecule has 1 heterocycles. The van der Waals surface area contributed by atoms with E-state index in [9.17, 15) is 4.39 Å². The second kappa shape index (κ2) is 5.08. The van der Waals surface area contributed by atoms with Crippen molar-refractivity contribution in [2.24, 2.45) is 0 Å². The fourth-order valence-corrected chi connectivity index (χ4v) is 3.24. The fourth-order valence-electron chi connectivity index (χ4n) is 1.69. The number of nitrogens with one attached hydrogen (secondary N) is 1. The molecule has 2 aromatic rings.